The summed E-state index contributed by atoms with van der Waals surface area (Å²) in [6.07, 6.45) is 7.30. The summed E-state index contributed by atoms with van der Waals surface area (Å²) in [5.41, 5.74) is 1.28. The first-order valence-electron chi connectivity index (χ1n) is 14.5. The number of amides is 1. The second kappa shape index (κ2) is 14.1. The summed E-state index contributed by atoms with van der Waals surface area (Å²) in [7, 11) is -0.591. The van der Waals surface area contributed by atoms with Gasteiger partial charge in [0.05, 0.1) is 12.0 Å². The number of ether oxygens (including phenoxy) is 1. The Morgan fingerprint density at radius 1 is 1.03 bits per heavy atom. The van der Waals surface area contributed by atoms with E-state index in [4.69, 9.17) is 4.74 Å². The summed E-state index contributed by atoms with van der Waals surface area (Å²) in [6.45, 7) is 13.8. The number of benzene rings is 1. The van der Waals surface area contributed by atoms with Crippen LogP contribution in [0.1, 0.15) is 69.9 Å². The van der Waals surface area contributed by atoms with E-state index >= 15 is 0 Å². The second-order valence-corrected chi connectivity index (χ2v) is 13.2. The largest absolute Gasteiger partial charge is 0.497 e. The van der Waals surface area contributed by atoms with E-state index in [1.807, 2.05) is 0 Å². The summed E-state index contributed by atoms with van der Waals surface area (Å²) < 4.78 is 33.0. The highest BCUT2D eigenvalue weighted by molar-refractivity contribution is 7.89. The van der Waals surface area contributed by atoms with Gasteiger partial charge in [-0.25, -0.2) is 12.7 Å². The lowest BCUT2D eigenvalue weighted by Crippen LogP contribution is -2.49. The lowest BCUT2D eigenvalue weighted by Gasteiger charge is -2.41. The first kappa shape index (κ1) is 30.9. The Morgan fingerprint density at radius 3 is 2.13 bits per heavy atom. The molecule has 1 saturated heterocycles. The number of carbonyl (C=O) groups excluding carboxylic acids is 1. The van der Waals surface area contributed by atoms with Crippen LogP contribution in [-0.2, 0) is 14.8 Å². The molecule has 1 saturated carbocycles. The van der Waals surface area contributed by atoms with Crippen LogP contribution >= 0.6 is 0 Å². The molecule has 0 bridgehead atoms. The second-order valence-electron chi connectivity index (χ2n) is 11.2. The van der Waals surface area contributed by atoms with Gasteiger partial charge in [-0.2, -0.15) is 0 Å². The minimum Gasteiger partial charge on any atom is -0.497 e. The Labute approximate surface area is 231 Å². The molecule has 9 heteroatoms. The number of likely N-dealkylation sites (tertiary alicyclic amines) is 1. The van der Waals surface area contributed by atoms with E-state index in [-0.39, 0.29) is 29.8 Å². The third kappa shape index (κ3) is 7.93. The Morgan fingerprint density at radius 2 is 1.61 bits per heavy atom. The molecule has 0 radical (unpaired) electrons. The number of sulfonamides is 1. The molecule has 0 atom stereocenters. The highest BCUT2D eigenvalue weighted by Crippen LogP contribution is 2.30. The van der Waals surface area contributed by atoms with E-state index in [1.165, 1.54) is 36.5 Å². The van der Waals surface area contributed by atoms with Gasteiger partial charge in [-0.05, 0) is 94.6 Å². The number of piperidine rings is 1. The van der Waals surface area contributed by atoms with E-state index in [9.17, 15) is 13.2 Å². The van der Waals surface area contributed by atoms with E-state index in [0.717, 1.165) is 44.9 Å². The molecule has 0 aromatic heterocycles. The van der Waals surface area contributed by atoms with E-state index < -0.39 is 10.0 Å². The molecule has 216 valence electrons. The molecule has 3 rings (SSSR count). The molecule has 1 heterocycles. The Kier molecular flexibility index (Phi) is 11.4. The molecule has 1 aromatic rings. The van der Waals surface area contributed by atoms with Crippen molar-refractivity contribution in [3.8, 4) is 5.75 Å². The fraction of sp³-hybridized carbons (Fsp3) is 0.759. The molecule has 0 spiro atoms. The molecule has 2 aliphatic rings. The smallest absolute Gasteiger partial charge is 0.243 e. The summed E-state index contributed by atoms with van der Waals surface area (Å²) in [4.78, 5) is 18.2. The number of hydrogen-bond acceptors (Lipinski definition) is 6. The monoisotopic (exact) mass is 550 g/mol. The molecule has 1 aliphatic heterocycles. The number of carbonyl (C=O) groups is 1. The van der Waals surface area contributed by atoms with Crippen molar-refractivity contribution in [2.24, 2.45) is 5.92 Å². The van der Waals surface area contributed by atoms with Crippen molar-refractivity contribution in [1.29, 1.82) is 0 Å². The minimum atomic E-state index is -3.70. The number of aryl methyl sites for hydroxylation is 2. The predicted molar refractivity (Wildman–Crippen MR) is 153 cm³/mol. The quantitative estimate of drug-likeness (QED) is 0.426. The van der Waals surface area contributed by atoms with E-state index in [2.05, 4.69) is 29.0 Å². The first-order chi connectivity index (χ1) is 18.1. The molecule has 1 aliphatic carbocycles. The van der Waals surface area contributed by atoms with Crippen molar-refractivity contribution >= 4 is 15.9 Å². The number of rotatable bonds is 12. The minimum absolute atomic E-state index is 0.0782. The molecule has 1 N–H and O–H groups in total. The molecule has 38 heavy (non-hydrogen) atoms. The summed E-state index contributed by atoms with van der Waals surface area (Å²) in [5, 5.41) is 3.16. The molecule has 1 aromatic carbocycles. The topological polar surface area (TPSA) is 82.2 Å². The zero-order chi connectivity index (χ0) is 27.9. The van der Waals surface area contributed by atoms with Gasteiger partial charge in [0.25, 0.3) is 0 Å². The average Bonchev–Trinajstić information content (AvgIpc) is 2.90. The Balaban J connectivity index is 1.41. The van der Waals surface area contributed by atoms with Gasteiger partial charge in [0.2, 0.25) is 15.9 Å². The zero-order valence-corrected chi connectivity index (χ0v) is 25.3. The first-order valence-corrected chi connectivity index (χ1v) is 15.9. The lowest BCUT2D eigenvalue weighted by atomic mass is 9.84. The van der Waals surface area contributed by atoms with Gasteiger partial charge in [0.15, 0.2) is 0 Å². The van der Waals surface area contributed by atoms with Gasteiger partial charge in [-0.15, -0.1) is 0 Å². The third-order valence-corrected chi connectivity index (χ3v) is 10.8. The number of nitrogens with one attached hydrogen (secondary N) is 1. The van der Waals surface area contributed by atoms with Gasteiger partial charge in [-0.1, -0.05) is 13.8 Å². The number of hydrogen-bond donors (Lipinski definition) is 1. The third-order valence-electron chi connectivity index (χ3n) is 8.63. The van der Waals surface area contributed by atoms with Crippen LogP contribution in [0.3, 0.4) is 0 Å². The van der Waals surface area contributed by atoms with Gasteiger partial charge in [0, 0.05) is 51.7 Å². The van der Waals surface area contributed by atoms with Crippen LogP contribution in [0, 0.1) is 19.8 Å². The molecular formula is C29H50N4O4S. The number of methoxy groups -OCH3 is 1. The molecule has 0 unspecified atom stereocenters. The fourth-order valence-corrected chi connectivity index (χ4v) is 7.79. The molecular weight excluding hydrogens is 500 g/mol. The van der Waals surface area contributed by atoms with Crippen LogP contribution in [0.2, 0.25) is 0 Å². The van der Waals surface area contributed by atoms with Crippen molar-refractivity contribution in [2.45, 2.75) is 89.6 Å². The predicted octanol–water partition coefficient (Wildman–Crippen LogP) is 3.80. The van der Waals surface area contributed by atoms with Crippen LogP contribution < -0.4 is 10.1 Å². The van der Waals surface area contributed by atoms with E-state index in [1.54, 1.807) is 40.1 Å². The van der Waals surface area contributed by atoms with Crippen LogP contribution in [0.4, 0.5) is 0 Å². The Bertz CT molecular complexity index is 988. The van der Waals surface area contributed by atoms with Crippen LogP contribution in [0.15, 0.2) is 17.0 Å². The Hall–Kier alpha value is -1.68. The highest BCUT2D eigenvalue weighted by atomic mass is 32.2. The summed E-state index contributed by atoms with van der Waals surface area (Å²) >= 11 is 0. The fourth-order valence-electron chi connectivity index (χ4n) is 6.22. The van der Waals surface area contributed by atoms with Crippen LogP contribution in [0.25, 0.3) is 0 Å². The summed E-state index contributed by atoms with van der Waals surface area (Å²) in [6, 6.07) is 4.31. The van der Waals surface area contributed by atoms with Crippen molar-refractivity contribution in [2.75, 3.05) is 53.4 Å². The SMILES string of the molecule is CCN(CC)CC1CCC(N2CCC(NC(=O)CCN(C)S(=O)(=O)c3c(C)cc(OC)cc3C)CC2)CC1. The molecule has 2 fully saturated rings. The van der Waals surface area contributed by atoms with Gasteiger partial charge in [0.1, 0.15) is 5.75 Å². The van der Waals surface area contributed by atoms with Gasteiger partial charge < -0.3 is 19.9 Å². The number of nitrogens with zero attached hydrogens (tertiary/aromatic N) is 3. The van der Waals surface area contributed by atoms with Gasteiger partial charge in [-0.3, -0.25) is 4.79 Å². The van der Waals surface area contributed by atoms with E-state index in [0.29, 0.717) is 22.9 Å². The average molecular weight is 551 g/mol. The van der Waals surface area contributed by atoms with Crippen LogP contribution in [-0.4, -0.2) is 93.9 Å². The van der Waals surface area contributed by atoms with Crippen molar-refractivity contribution in [3.05, 3.63) is 23.3 Å². The maximum atomic E-state index is 13.2. The summed E-state index contributed by atoms with van der Waals surface area (Å²) in [5.74, 6) is 1.39. The molecule has 8 nitrogen and oxygen atoms in total. The highest BCUT2D eigenvalue weighted by Gasteiger charge is 2.30. The lowest BCUT2D eigenvalue weighted by molar-refractivity contribution is -0.122. The van der Waals surface area contributed by atoms with Crippen LogP contribution in [0.5, 0.6) is 5.75 Å². The zero-order valence-electron chi connectivity index (χ0n) is 24.5. The maximum absolute atomic E-state index is 13.2. The standard InChI is InChI=1S/C29H50N4O4S/c1-7-32(8-2)21-24-9-11-26(12-10-24)33-17-13-25(14-18-33)30-28(34)15-16-31(5)38(35,36)29-22(3)19-27(37-6)20-23(29)4/h19-20,24-26H,7-18,21H2,1-6H3,(H,30,34). The normalized spacial score (nSPS) is 21.7. The van der Waals surface area contributed by atoms with Crippen molar-refractivity contribution in [3.63, 3.8) is 0 Å². The van der Waals surface area contributed by atoms with Crippen molar-refractivity contribution in [1.82, 2.24) is 19.4 Å². The molecule has 1 amide bonds. The van der Waals surface area contributed by atoms with Crippen molar-refractivity contribution < 1.29 is 17.9 Å². The maximum Gasteiger partial charge on any atom is 0.243 e. The van der Waals surface area contributed by atoms with Gasteiger partial charge >= 0.3 is 0 Å².